The van der Waals surface area contributed by atoms with Crippen LogP contribution in [0.5, 0.6) is 0 Å². The molecular formula is C15H20F2N2O2. The summed E-state index contributed by atoms with van der Waals surface area (Å²) in [4.78, 5) is 13.8. The molecule has 1 aromatic rings. The van der Waals surface area contributed by atoms with E-state index < -0.39 is 23.3 Å². The quantitative estimate of drug-likeness (QED) is 0.797. The van der Waals surface area contributed by atoms with Crippen molar-refractivity contribution in [1.82, 2.24) is 4.90 Å². The Morgan fingerprint density at radius 3 is 2.57 bits per heavy atom. The van der Waals surface area contributed by atoms with Crippen molar-refractivity contribution in [3.63, 3.8) is 0 Å². The van der Waals surface area contributed by atoms with Crippen LogP contribution in [0.15, 0.2) is 12.1 Å². The van der Waals surface area contributed by atoms with Gasteiger partial charge in [0.2, 0.25) is 0 Å². The van der Waals surface area contributed by atoms with Crippen molar-refractivity contribution in [3.8, 4) is 0 Å². The van der Waals surface area contributed by atoms with Crippen molar-refractivity contribution < 1.29 is 18.3 Å². The number of hydrogen-bond acceptors (Lipinski definition) is 3. The highest BCUT2D eigenvalue weighted by atomic mass is 19.2. The number of ether oxygens (including phenoxy) is 1. The van der Waals surface area contributed by atoms with Gasteiger partial charge in [-0.05, 0) is 39.3 Å². The number of rotatable bonds is 0. The third-order valence-corrected chi connectivity index (χ3v) is 3.23. The number of carbonyl (C=O) groups is 1. The van der Waals surface area contributed by atoms with Crippen molar-refractivity contribution >= 4 is 11.8 Å². The van der Waals surface area contributed by atoms with Gasteiger partial charge in [-0.25, -0.2) is 13.6 Å². The van der Waals surface area contributed by atoms with Gasteiger partial charge >= 0.3 is 6.09 Å². The third-order valence-electron chi connectivity index (χ3n) is 3.23. The molecule has 0 spiro atoms. The lowest BCUT2D eigenvalue weighted by atomic mass is 10.1. The molecule has 1 N–H and O–H groups in total. The van der Waals surface area contributed by atoms with E-state index in [1.54, 1.807) is 20.8 Å². The minimum Gasteiger partial charge on any atom is -0.444 e. The summed E-state index contributed by atoms with van der Waals surface area (Å²) in [5.74, 6) is -1.83. The fraction of sp³-hybridized carbons (Fsp3) is 0.533. The largest absolute Gasteiger partial charge is 0.444 e. The zero-order valence-electron chi connectivity index (χ0n) is 12.7. The average Bonchev–Trinajstić information content (AvgIpc) is 2.49. The van der Waals surface area contributed by atoms with Crippen molar-refractivity contribution in [2.24, 2.45) is 0 Å². The van der Waals surface area contributed by atoms with Gasteiger partial charge in [0, 0.05) is 24.3 Å². The van der Waals surface area contributed by atoms with E-state index in [-0.39, 0.29) is 12.6 Å². The summed E-state index contributed by atoms with van der Waals surface area (Å²) >= 11 is 0. The molecule has 0 saturated heterocycles. The molecule has 1 heterocycles. The number of fused-ring (bicyclic) bond motifs is 1. The second-order valence-corrected chi connectivity index (χ2v) is 6.26. The molecule has 116 valence electrons. The maximum atomic E-state index is 13.4. The second kappa shape index (κ2) is 5.50. The molecule has 1 aromatic carbocycles. The predicted molar refractivity (Wildman–Crippen MR) is 76.1 cm³/mol. The molecule has 0 bridgehead atoms. The topological polar surface area (TPSA) is 41.6 Å². The number of halogens is 2. The van der Waals surface area contributed by atoms with E-state index in [0.717, 1.165) is 12.1 Å². The van der Waals surface area contributed by atoms with Gasteiger partial charge in [-0.2, -0.15) is 0 Å². The number of hydrogen-bond donors (Lipinski definition) is 1. The van der Waals surface area contributed by atoms with Crippen LogP contribution in [0.1, 0.15) is 33.3 Å². The molecule has 1 atom stereocenters. The molecule has 0 aliphatic carbocycles. The summed E-state index contributed by atoms with van der Waals surface area (Å²) in [6.07, 6.45) is -0.464. The third kappa shape index (κ3) is 3.62. The molecule has 1 aliphatic heterocycles. The second-order valence-electron chi connectivity index (χ2n) is 6.26. The molecule has 6 heteroatoms. The molecule has 0 aromatic heterocycles. The number of carbonyl (C=O) groups excluding carboxylic acids is 1. The summed E-state index contributed by atoms with van der Waals surface area (Å²) < 4.78 is 32.1. The maximum Gasteiger partial charge on any atom is 0.410 e. The first kappa shape index (κ1) is 15.5. The highest BCUT2D eigenvalue weighted by Gasteiger charge is 2.29. The molecule has 0 radical (unpaired) electrons. The summed E-state index contributed by atoms with van der Waals surface area (Å²) in [7, 11) is 0. The Hall–Kier alpha value is -1.85. The minimum atomic E-state index is -0.922. The lowest BCUT2D eigenvalue weighted by molar-refractivity contribution is 0.0171. The van der Waals surface area contributed by atoms with E-state index in [2.05, 4.69) is 5.32 Å². The highest BCUT2D eigenvalue weighted by molar-refractivity contribution is 5.70. The molecule has 1 amide bonds. The van der Waals surface area contributed by atoms with E-state index in [1.807, 2.05) is 6.92 Å². The van der Waals surface area contributed by atoms with Crippen LogP contribution >= 0.6 is 0 Å². The van der Waals surface area contributed by atoms with Crippen LogP contribution in [-0.2, 0) is 11.3 Å². The Balaban J connectivity index is 2.27. The van der Waals surface area contributed by atoms with Gasteiger partial charge in [-0.15, -0.1) is 0 Å². The summed E-state index contributed by atoms with van der Waals surface area (Å²) in [5, 5.41) is 3.03. The van der Waals surface area contributed by atoms with E-state index in [0.29, 0.717) is 17.8 Å². The van der Waals surface area contributed by atoms with Gasteiger partial charge < -0.3 is 10.1 Å². The van der Waals surface area contributed by atoms with Crippen LogP contribution < -0.4 is 5.32 Å². The SMILES string of the molecule is C[C@H]1CNc2cc(F)c(F)cc2CN1C(=O)OC(C)(C)C. The van der Waals surface area contributed by atoms with Crippen LogP contribution in [0, 0.1) is 11.6 Å². The van der Waals surface area contributed by atoms with E-state index >= 15 is 0 Å². The predicted octanol–water partition coefficient (Wildman–Crippen LogP) is 3.52. The average molecular weight is 298 g/mol. The molecule has 0 unspecified atom stereocenters. The smallest absolute Gasteiger partial charge is 0.410 e. The number of nitrogens with zero attached hydrogens (tertiary/aromatic N) is 1. The first-order valence-electron chi connectivity index (χ1n) is 6.89. The zero-order chi connectivity index (χ0) is 15.8. The van der Waals surface area contributed by atoms with Crippen molar-refractivity contribution in [2.45, 2.75) is 45.9 Å². The zero-order valence-corrected chi connectivity index (χ0v) is 12.7. The van der Waals surface area contributed by atoms with Crippen LogP contribution in [0.2, 0.25) is 0 Å². The Bertz CT molecular complexity index is 555. The monoisotopic (exact) mass is 298 g/mol. The Kier molecular flexibility index (Phi) is 4.07. The summed E-state index contributed by atoms with van der Waals surface area (Å²) in [6.45, 7) is 7.83. The van der Waals surface area contributed by atoms with Gasteiger partial charge in [0.15, 0.2) is 11.6 Å². The molecule has 0 saturated carbocycles. The van der Waals surface area contributed by atoms with Gasteiger partial charge in [-0.3, -0.25) is 4.90 Å². The van der Waals surface area contributed by atoms with Crippen LogP contribution in [-0.4, -0.2) is 29.2 Å². The van der Waals surface area contributed by atoms with Crippen LogP contribution in [0.4, 0.5) is 19.3 Å². The fourth-order valence-corrected chi connectivity index (χ4v) is 2.16. The van der Waals surface area contributed by atoms with Crippen LogP contribution in [0.25, 0.3) is 0 Å². The summed E-state index contributed by atoms with van der Waals surface area (Å²) in [6, 6.07) is 2.08. The first-order valence-corrected chi connectivity index (χ1v) is 6.89. The van der Waals surface area contributed by atoms with Crippen molar-refractivity contribution in [2.75, 3.05) is 11.9 Å². The molecule has 0 fully saturated rings. The lowest BCUT2D eigenvalue weighted by Crippen LogP contribution is -2.43. The summed E-state index contributed by atoms with van der Waals surface area (Å²) in [5.41, 5.74) is 0.434. The van der Waals surface area contributed by atoms with Gasteiger partial charge in [0.05, 0.1) is 6.54 Å². The number of nitrogens with one attached hydrogen (secondary N) is 1. The molecular weight excluding hydrogens is 278 g/mol. The minimum absolute atomic E-state index is 0.154. The fourth-order valence-electron chi connectivity index (χ4n) is 2.16. The Morgan fingerprint density at radius 1 is 1.33 bits per heavy atom. The number of amides is 1. The number of benzene rings is 1. The molecule has 2 rings (SSSR count). The van der Waals surface area contributed by atoms with Gasteiger partial charge in [0.1, 0.15) is 5.60 Å². The molecule has 21 heavy (non-hydrogen) atoms. The number of anilines is 1. The normalized spacial score (nSPS) is 18.6. The Morgan fingerprint density at radius 2 is 1.95 bits per heavy atom. The maximum absolute atomic E-state index is 13.4. The molecule has 1 aliphatic rings. The van der Waals surface area contributed by atoms with Gasteiger partial charge in [0.25, 0.3) is 0 Å². The van der Waals surface area contributed by atoms with Crippen molar-refractivity contribution in [1.29, 1.82) is 0 Å². The first-order chi connectivity index (χ1) is 9.67. The standard InChI is InChI=1S/C15H20F2N2O2/c1-9-7-18-13-6-12(17)11(16)5-10(13)8-19(9)14(20)21-15(2,3)4/h5-6,9,18H,7-8H2,1-4H3/t9-/m0/s1. The Labute approximate surface area is 123 Å². The van der Waals surface area contributed by atoms with E-state index in [9.17, 15) is 13.6 Å². The van der Waals surface area contributed by atoms with Gasteiger partial charge in [-0.1, -0.05) is 0 Å². The van der Waals surface area contributed by atoms with Crippen LogP contribution in [0.3, 0.4) is 0 Å². The molecule has 4 nitrogen and oxygen atoms in total. The van der Waals surface area contributed by atoms with E-state index in [4.69, 9.17) is 4.74 Å². The van der Waals surface area contributed by atoms with E-state index in [1.165, 1.54) is 4.90 Å². The lowest BCUT2D eigenvalue weighted by Gasteiger charge is -2.30. The highest BCUT2D eigenvalue weighted by Crippen LogP contribution is 2.26. The van der Waals surface area contributed by atoms with Crippen molar-refractivity contribution in [3.05, 3.63) is 29.3 Å².